The van der Waals surface area contributed by atoms with Gasteiger partial charge in [-0.15, -0.1) is 4.36 Å². The van der Waals surface area contributed by atoms with E-state index in [1.54, 1.807) is 54.5 Å². The highest BCUT2D eigenvalue weighted by Gasteiger charge is 2.38. The number of hydrogen-bond donors (Lipinski definition) is 1. The molecule has 51 heavy (non-hydrogen) atoms. The molecule has 12 heteroatoms. The Hall–Kier alpha value is -4.19. The highest BCUT2D eigenvalue weighted by molar-refractivity contribution is 7.92. The molecule has 1 saturated carbocycles. The minimum atomic E-state index is -3.56. The molecule has 2 aromatic heterocycles. The fourth-order valence-corrected chi connectivity index (χ4v) is 9.55. The van der Waals surface area contributed by atoms with E-state index >= 15 is 0 Å². The number of nitrogens with zero attached hydrogens (tertiary/aromatic N) is 4. The fraction of sp³-hybridized carbons (Fsp3) is 0.410. The predicted octanol–water partition coefficient (Wildman–Crippen LogP) is 7.30. The maximum Gasteiger partial charge on any atom is 0.286 e. The van der Waals surface area contributed by atoms with E-state index < -0.39 is 21.7 Å². The summed E-state index contributed by atoms with van der Waals surface area (Å²) >= 11 is 6.47. The van der Waals surface area contributed by atoms with Crippen LogP contribution >= 0.6 is 11.6 Å². The number of carbonyl (C=O) groups excluding carboxylic acids is 2. The van der Waals surface area contributed by atoms with Crippen LogP contribution in [0.4, 0.5) is 5.69 Å². The number of allylic oxidation sites excluding steroid dienone is 1. The molecular formula is C39H44ClN5O5S. The number of aryl methyl sites for hydroxylation is 1. The zero-order valence-corrected chi connectivity index (χ0v) is 30.6. The third-order valence-corrected chi connectivity index (χ3v) is 12.5. The van der Waals surface area contributed by atoms with Crippen molar-refractivity contribution < 1.29 is 23.3 Å². The number of benzene rings is 2. The number of nitrogens with one attached hydrogen (secondary N) is 1. The number of hydrogen-bond acceptors (Lipinski definition) is 7. The maximum absolute atomic E-state index is 14.6. The van der Waals surface area contributed by atoms with E-state index in [0.29, 0.717) is 47.7 Å². The molecule has 268 valence electrons. The van der Waals surface area contributed by atoms with Gasteiger partial charge in [-0.2, -0.15) is 0 Å². The molecule has 1 aliphatic carbocycles. The first kappa shape index (κ1) is 35.2. The van der Waals surface area contributed by atoms with Crippen LogP contribution in [-0.2, 0) is 27.6 Å². The fourth-order valence-electron chi connectivity index (χ4n) is 7.46. The lowest BCUT2D eigenvalue weighted by atomic mass is 9.70. The van der Waals surface area contributed by atoms with Crippen LogP contribution in [0.1, 0.15) is 70.9 Å². The Bertz CT molecular complexity index is 2060. The van der Waals surface area contributed by atoms with E-state index in [9.17, 15) is 13.8 Å². The molecule has 7 rings (SSSR count). The number of ether oxygens (including phenoxy) is 2. The molecule has 2 aromatic carbocycles. The summed E-state index contributed by atoms with van der Waals surface area (Å²) in [5.74, 6) is -0.0409. The predicted molar refractivity (Wildman–Crippen MR) is 200 cm³/mol. The zero-order valence-electron chi connectivity index (χ0n) is 29.0. The van der Waals surface area contributed by atoms with Crippen molar-refractivity contribution in [1.29, 1.82) is 0 Å². The number of rotatable bonds is 3. The van der Waals surface area contributed by atoms with E-state index in [4.69, 9.17) is 21.1 Å². The van der Waals surface area contributed by atoms with Crippen molar-refractivity contribution in [1.82, 2.24) is 14.1 Å². The minimum absolute atomic E-state index is 0.00697. The normalized spacial score (nSPS) is 26.3. The number of aromatic nitrogens is 2. The number of halogens is 1. The Kier molecular flexibility index (Phi) is 10.5. The van der Waals surface area contributed by atoms with Crippen LogP contribution in [0.5, 0.6) is 5.75 Å². The smallest absolute Gasteiger partial charge is 0.286 e. The molecule has 0 spiro atoms. The summed E-state index contributed by atoms with van der Waals surface area (Å²) in [6, 6.07) is 14.9. The van der Waals surface area contributed by atoms with Gasteiger partial charge in [0, 0.05) is 48.7 Å². The molecule has 1 N–H and O–H groups in total. The summed E-state index contributed by atoms with van der Waals surface area (Å²) < 4.78 is 35.7. The van der Waals surface area contributed by atoms with Gasteiger partial charge in [-0.1, -0.05) is 36.7 Å². The molecule has 4 heterocycles. The number of amides is 2. The van der Waals surface area contributed by atoms with Crippen LogP contribution in [0.15, 0.2) is 83.8 Å². The van der Waals surface area contributed by atoms with Gasteiger partial charge in [0.1, 0.15) is 15.7 Å². The van der Waals surface area contributed by atoms with Gasteiger partial charge in [0.25, 0.3) is 11.8 Å². The lowest BCUT2D eigenvalue weighted by Crippen LogP contribution is -2.43. The minimum Gasteiger partial charge on any atom is -0.491 e. The topological polar surface area (TPSA) is 115 Å². The lowest BCUT2D eigenvalue weighted by molar-refractivity contribution is 0.0133. The zero-order chi connectivity index (χ0) is 35.5. The summed E-state index contributed by atoms with van der Waals surface area (Å²) in [6.07, 6.45) is 14.4. The molecule has 0 saturated heterocycles. The van der Waals surface area contributed by atoms with E-state index in [1.165, 1.54) is 11.1 Å². The summed E-state index contributed by atoms with van der Waals surface area (Å²) in [7, 11) is -1.80. The van der Waals surface area contributed by atoms with Gasteiger partial charge < -0.3 is 18.8 Å². The molecule has 1 fully saturated rings. The average Bonchev–Trinajstić information content (AvgIpc) is 3.53. The highest BCUT2D eigenvalue weighted by Crippen LogP contribution is 2.42. The van der Waals surface area contributed by atoms with Gasteiger partial charge in [-0.3, -0.25) is 14.3 Å². The Balaban J connectivity index is 1.31. The van der Waals surface area contributed by atoms with Gasteiger partial charge in [-0.25, -0.2) is 9.19 Å². The lowest BCUT2D eigenvalue weighted by Gasteiger charge is -2.43. The van der Waals surface area contributed by atoms with E-state index in [1.807, 2.05) is 19.1 Å². The van der Waals surface area contributed by atoms with Crippen molar-refractivity contribution in [2.45, 2.75) is 58.1 Å². The summed E-state index contributed by atoms with van der Waals surface area (Å²) in [5, 5.41) is 0.712. The quantitative estimate of drug-likeness (QED) is 0.220. The van der Waals surface area contributed by atoms with E-state index in [-0.39, 0.29) is 23.3 Å². The number of methoxy groups -OCH3 is 1. The van der Waals surface area contributed by atoms with Crippen LogP contribution in [0.3, 0.4) is 0 Å². The third-order valence-electron chi connectivity index (χ3n) is 10.3. The van der Waals surface area contributed by atoms with Crippen LogP contribution in [0.25, 0.3) is 5.52 Å². The first-order valence-electron chi connectivity index (χ1n) is 17.7. The van der Waals surface area contributed by atoms with Gasteiger partial charge in [-0.05, 0) is 110 Å². The highest BCUT2D eigenvalue weighted by atomic mass is 35.5. The van der Waals surface area contributed by atoms with E-state index in [2.05, 4.69) is 43.3 Å². The standard InChI is InChI=1S/C39H44ClN5O5S/c1-26-6-5-8-36(49-2)34-13-10-30(34)22-44-21-29-9-12-32(40)18-27(29)7-3-4-17-50-37-14-11-28(20-35(37)44)38(46)42-51(48,24-26)43-39(47)31-19-33-15-16-41-25-45(33)23-31/h5,8-9,11-12,14-16,18-20,23,25-26,30,34,36H,3-4,6-7,10,13,17,21-22,24H2,1-2H3,(H,42,43,46,47,48)/b8-5+/t26-,30-,34+,36-,51?/m0/s1. The number of anilines is 1. The molecule has 4 aromatic rings. The summed E-state index contributed by atoms with van der Waals surface area (Å²) in [5.41, 5.74) is 4.49. The Labute approximate surface area is 304 Å². The van der Waals surface area contributed by atoms with Gasteiger partial charge in [0.05, 0.1) is 36.0 Å². The molecule has 3 aliphatic rings. The monoisotopic (exact) mass is 729 g/mol. The molecule has 2 aliphatic heterocycles. The third kappa shape index (κ3) is 8.00. The van der Waals surface area contributed by atoms with Crippen molar-refractivity contribution in [2.24, 2.45) is 22.1 Å². The second-order valence-corrected chi connectivity index (χ2v) is 16.5. The molecule has 10 nitrogen and oxygen atoms in total. The summed E-state index contributed by atoms with van der Waals surface area (Å²) in [4.78, 5) is 34.0. The average molecular weight is 730 g/mol. The van der Waals surface area contributed by atoms with Crippen LogP contribution in [-0.4, -0.2) is 57.5 Å². The first-order valence-corrected chi connectivity index (χ1v) is 19.8. The molecule has 2 bridgehead atoms. The number of carbonyl (C=O) groups is 2. The Morgan fingerprint density at radius 3 is 2.78 bits per heavy atom. The van der Waals surface area contributed by atoms with Crippen LogP contribution < -0.4 is 14.4 Å². The largest absolute Gasteiger partial charge is 0.491 e. The Morgan fingerprint density at radius 2 is 1.98 bits per heavy atom. The van der Waals surface area contributed by atoms with Crippen molar-refractivity contribution in [3.63, 3.8) is 0 Å². The van der Waals surface area contributed by atoms with Crippen molar-refractivity contribution in [2.75, 3.05) is 30.9 Å². The van der Waals surface area contributed by atoms with Crippen LogP contribution in [0.2, 0.25) is 5.02 Å². The maximum atomic E-state index is 14.6. The molecule has 5 atom stereocenters. The summed E-state index contributed by atoms with van der Waals surface area (Å²) in [6.45, 7) is 3.81. The van der Waals surface area contributed by atoms with Crippen molar-refractivity contribution >= 4 is 44.5 Å². The van der Waals surface area contributed by atoms with E-state index in [0.717, 1.165) is 49.9 Å². The molecular weight excluding hydrogens is 686 g/mol. The number of fused-ring (bicyclic) bond motifs is 4. The van der Waals surface area contributed by atoms with Gasteiger partial charge >= 0.3 is 0 Å². The Morgan fingerprint density at radius 1 is 1.10 bits per heavy atom. The van der Waals surface area contributed by atoms with Gasteiger partial charge in [0.2, 0.25) is 0 Å². The first-order chi connectivity index (χ1) is 24.7. The second kappa shape index (κ2) is 15.2. The second-order valence-electron chi connectivity index (χ2n) is 14.0. The molecule has 1 unspecified atom stereocenters. The molecule has 2 amide bonds. The van der Waals surface area contributed by atoms with Crippen molar-refractivity contribution in [3.8, 4) is 5.75 Å². The van der Waals surface area contributed by atoms with Crippen molar-refractivity contribution in [3.05, 3.63) is 107 Å². The van der Waals surface area contributed by atoms with Gasteiger partial charge in [0.15, 0.2) is 0 Å². The SMILES string of the molecule is CO[C@H]1/C=C/C[C@H](C)CS(=O)(NC(=O)c2cc3ccncn3c2)=NC(=O)c2ccc3c(c2)N(Cc2ccc(Cl)cc2CCCCO3)C[C@@H]2CC[C@H]21. The molecule has 0 radical (unpaired) electrons. The van der Waals surface area contributed by atoms with Crippen LogP contribution in [0, 0.1) is 17.8 Å².